The van der Waals surface area contributed by atoms with E-state index in [4.69, 9.17) is 15.2 Å². The number of amides is 2. The summed E-state index contributed by atoms with van der Waals surface area (Å²) in [5.41, 5.74) is 5.47. The molecule has 1 aromatic carbocycles. The maximum absolute atomic E-state index is 13.5. The number of halogens is 1. The summed E-state index contributed by atoms with van der Waals surface area (Å²) in [4.78, 5) is 25.0. The molecule has 2 rings (SSSR count). The number of nitrogens with two attached hydrogens (primary N) is 1. The molecular weight excluding hydrogens is 279 g/mol. The van der Waals surface area contributed by atoms with Crippen molar-refractivity contribution in [2.75, 3.05) is 20.8 Å². The van der Waals surface area contributed by atoms with Gasteiger partial charge in [0.15, 0.2) is 0 Å². The normalized spacial score (nSPS) is 21.2. The van der Waals surface area contributed by atoms with Gasteiger partial charge in [0.1, 0.15) is 23.7 Å². The molecule has 0 unspecified atom stereocenters. The van der Waals surface area contributed by atoms with Gasteiger partial charge in [0.2, 0.25) is 5.91 Å². The summed E-state index contributed by atoms with van der Waals surface area (Å²) in [5.74, 6) is -0.376. The second-order valence-electron chi connectivity index (χ2n) is 4.77. The average molecular weight is 296 g/mol. The number of ether oxygens (including phenoxy) is 2. The molecule has 0 aliphatic carbocycles. The molecule has 21 heavy (non-hydrogen) atoms. The molecule has 0 aromatic heterocycles. The summed E-state index contributed by atoms with van der Waals surface area (Å²) in [5, 5.41) is 0. The van der Waals surface area contributed by atoms with Crippen LogP contribution in [0.1, 0.15) is 16.8 Å². The number of likely N-dealkylation sites (tertiary alicyclic amines) is 1. The Morgan fingerprint density at radius 3 is 2.62 bits per heavy atom. The van der Waals surface area contributed by atoms with Crippen molar-refractivity contribution in [2.24, 2.45) is 5.73 Å². The Morgan fingerprint density at radius 1 is 1.33 bits per heavy atom. The quantitative estimate of drug-likeness (QED) is 0.888. The lowest BCUT2D eigenvalue weighted by molar-refractivity contribution is -0.121. The van der Waals surface area contributed by atoms with Gasteiger partial charge < -0.3 is 20.1 Å². The zero-order valence-electron chi connectivity index (χ0n) is 11.8. The van der Waals surface area contributed by atoms with E-state index in [0.717, 1.165) is 4.90 Å². The third-order valence-electron chi connectivity index (χ3n) is 3.48. The molecule has 1 fully saturated rings. The van der Waals surface area contributed by atoms with Crippen molar-refractivity contribution in [3.8, 4) is 11.5 Å². The third-order valence-corrected chi connectivity index (χ3v) is 3.48. The first-order valence-electron chi connectivity index (χ1n) is 6.44. The molecule has 0 spiro atoms. The molecule has 1 saturated heterocycles. The number of hydrogen-bond donors (Lipinski definition) is 1. The molecular formula is C14H17FN2O4. The van der Waals surface area contributed by atoms with Crippen molar-refractivity contribution in [2.45, 2.75) is 18.6 Å². The zero-order chi connectivity index (χ0) is 15.6. The Labute approximate surface area is 121 Å². The van der Waals surface area contributed by atoms with Crippen molar-refractivity contribution >= 4 is 11.8 Å². The topological polar surface area (TPSA) is 81.9 Å². The second kappa shape index (κ2) is 5.99. The maximum atomic E-state index is 13.5. The van der Waals surface area contributed by atoms with E-state index in [1.165, 1.54) is 20.3 Å². The number of hydrogen-bond acceptors (Lipinski definition) is 4. The fraction of sp³-hybridized carbons (Fsp3) is 0.429. The maximum Gasteiger partial charge on any atom is 0.258 e. The standard InChI is InChI=1S/C14H17FN2O4/c1-20-9-3-4-10(12(6-9)21-2)14(19)17-7-8(15)5-11(17)13(16)18/h3-4,6,8,11H,5,7H2,1-2H3,(H2,16,18)/t8-,11+/m1/s1. The first kappa shape index (κ1) is 15.1. The van der Waals surface area contributed by atoms with Crippen LogP contribution in [0.3, 0.4) is 0 Å². The molecule has 7 heteroatoms. The number of benzene rings is 1. The number of rotatable bonds is 4. The molecule has 1 aromatic rings. The van der Waals surface area contributed by atoms with Crippen LogP contribution in [0.25, 0.3) is 0 Å². The molecule has 0 radical (unpaired) electrons. The zero-order valence-corrected chi connectivity index (χ0v) is 11.8. The van der Waals surface area contributed by atoms with Gasteiger partial charge in [-0.2, -0.15) is 0 Å². The fourth-order valence-corrected chi connectivity index (χ4v) is 2.41. The Kier molecular flexibility index (Phi) is 4.30. The molecule has 0 saturated carbocycles. The first-order chi connectivity index (χ1) is 9.97. The molecule has 6 nitrogen and oxygen atoms in total. The molecule has 1 heterocycles. The van der Waals surface area contributed by atoms with Crippen LogP contribution in [0.15, 0.2) is 18.2 Å². The lowest BCUT2D eigenvalue weighted by Gasteiger charge is -2.22. The SMILES string of the molecule is COc1ccc(C(=O)N2C[C@H](F)C[C@H]2C(N)=O)c(OC)c1. The fourth-order valence-electron chi connectivity index (χ4n) is 2.41. The van der Waals surface area contributed by atoms with E-state index in [9.17, 15) is 14.0 Å². The highest BCUT2D eigenvalue weighted by Gasteiger charge is 2.39. The van der Waals surface area contributed by atoms with E-state index in [-0.39, 0.29) is 18.5 Å². The summed E-state index contributed by atoms with van der Waals surface area (Å²) in [7, 11) is 2.91. The van der Waals surface area contributed by atoms with Gasteiger partial charge in [0, 0.05) is 12.5 Å². The summed E-state index contributed by atoms with van der Waals surface area (Å²) in [6.07, 6.45) is -1.32. The van der Waals surface area contributed by atoms with Crippen molar-refractivity contribution in [1.82, 2.24) is 4.90 Å². The molecule has 2 N–H and O–H groups in total. The summed E-state index contributed by atoms with van der Waals surface area (Å²) < 4.78 is 23.7. The molecule has 0 bridgehead atoms. The van der Waals surface area contributed by atoms with Gasteiger partial charge in [-0.3, -0.25) is 9.59 Å². The van der Waals surface area contributed by atoms with Gasteiger partial charge >= 0.3 is 0 Å². The van der Waals surface area contributed by atoms with E-state index in [1.807, 2.05) is 0 Å². The first-order valence-corrected chi connectivity index (χ1v) is 6.44. The van der Waals surface area contributed by atoms with E-state index in [0.29, 0.717) is 11.5 Å². The van der Waals surface area contributed by atoms with Crippen LogP contribution >= 0.6 is 0 Å². The van der Waals surface area contributed by atoms with Crippen molar-refractivity contribution in [3.05, 3.63) is 23.8 Å². The Bertz CT molecular complexity index is 564. The highest BCUT2D eigenvalue weighted by molar-refractivity contribution is 6.00. The van der Waals surface area contributed by atoms with Crippen LogP contribution in [0.5, 0.6) is 11.5 Å². The third kappa shape index (κ3) is 2.91. The Morgan fingerprint density at radius 2 is 2.05 bits per heavy atom. The average Bonchev–Trinajstić information content (AvgIpc) is 2.88. The summed E-state index contributed by atoms with van der Waals surface area (Å²) in [6, 6.07) is 3.73. The largest absolute Gasteiger partial charge is 0.497 e. The van der Waals surface area contributed by atoms with E-state index >= 15 is 0 Å². The Balaban J connectivity index is 2.33. The van der Waals surface area contributed by atoms with E-state index in [1.54, 1.807) is 12.1 Å². The Hall–Kier alpha value is -2.31. The predicted molar refractivity (Wildman–Crippen MR) is 73.1 cm³/mol. The molecule has 2 atom stereocenters. The molecule has 2 amide bonds. The molecule has 1 aliphatic rings. The number of alkyl halides is 1. The van der Waals surface area contributed by atoms with Crippen LogP contribution in [-0.2, 0) is 4.79 Å². The van der Waals surface area contributed by atoms with Gasteiger partial charge in [-0.1, -0.05) is 0 Å². The highest BCUT2D eigenvalue weighted by atomic mass is 19.1. The van der Waals surface area contributed by atoms with Crippen LogP contribution in [0.4, 0.5) is 4.39 Å². The van der Waals surface area contributed by atoms with Gasteiger partial charge in [-0.15, -0.1) is 0 Å². The highest BCUT2D eigenvalue weighted by Crippen LogP contribution is 2.29. The van der Waals surface area contributed by atoms with Gasteiger partial charge in [-0.05, 0) is 12.1 Å². The second-order valence-corrected chi connectivity index (χ2v) is 4.77. The smallest absolute Gasteiger partial charge is 0.258 e. The van der Waals surface area contributed by atoms with Crippen LogP contribution in [-0.4, -0.2) is 49.7 Å². The lowest BCUT2D eigenvalue weighted by atomic mass is 10.1. The number of carbonyl (C=O) groups is 2. The van der Waals surface area contributed by atoms with Crippen LogP contribution in [0, 0.1) is 0 Å². The predicted octanol–water partition coefficient (Wildman–Crippen LogP) is 0.742. The van der Waals surface area contributed by atoms with Crippen molar-refractivity contribution in [1.29, 1.82) is 0 Å². The molecule has 1 aliphatic heterocycles. The molecule has 114 valence electrons. The van der Waals surface area contributed by atoms with E-state index < -0.39 is 24.0 Å². The number of nitrogens with zero attached hydrogens (tertiary/aromatic N) is 1. The van der Waals surface area contributed by atoms with Crippen molar-refractivity contribution < 1.29 is 23.5 Å². The number of carbonyl (C=O) groups excluding carboxylic acids is 2. The van der Waals surface area contributed by atoms with Crippen molar-refractivity contribution in [3.63, 3.8) is 0 Å². The minimum Gasteiger partial charge on any atom is -0.497 e. The number of primary amides is 1. The monoisotopic (exact) mass is 296 g/mol. The summed E-state index contributed by atoms with van der Waals surface area (Å²) in [6.45, 7) is -0.151. The van der Waals surface area contributed by atoms with Crippen LogP contribution in [0.2, 0.25) is 0 Å². The van der Waals surface area contributed by atoms with E-state index in [2.05, 4.69) is 0 Å². The van der Waals surface area contributed by atoms with Gasteiger partial charge in [0.25, 0.3) is 5.91 Å². The van der Waals surface area contributed by atoms with Crippen LogP contribution < -0.4 is 15.2 Å². The van der Waals surface area contributed by atoms with Gasteiger partial charge in [-0.25, -0.2) is 4.39 Å². The lowest BCUT2D eigenvalue weighted by Crippen LogP contribution is -2.43. The minimum absolute atomic E-state index is 0.0699. The van der Waals surface area contributed by atoms with Gasteiger partial charge in [0.05, 0.1) is 26.3 Å². The minimum atomic E-state index is -1.25. The summed E-state index contributed by atoms with van der Waals surface area (Å²) >= 11 is 0. The number of methoxy groups -OCH3 is 2.